The van der Waals surface area contributed by atoms with Crippen molar-refractivity contribution in [3.63, 3.8) is 0 Å². The molecule has 0 radical (unpaired) electrons. The van der Waals surface area contributed by atoms with E-state index in [9.17, 15) is 0 Å². The lowest BCUT2D eigenvalue weighted by atomic mass is 9.99. The summed E-state index contributed by atoms with van der Waals surface area (Å²) in [5, 5.41) is 4.59. The van der Waals surface area contributed by atoms with Gasteiger partial charge in [-0.15, -0.1) is 0 Å². The molecule has 4 rings (SSSR count). The Morgan fingerprint density at radius 1 is 0.958 bits per heavy atom. The molecule has 1 atom stereocenters. The summed E-state index contributed by atoms with van der Waals surface area (Å²) in [6.45, 7) is 6.92. The highest BCUT2D eigenvalue weighted by Gasteiger charge is 2.24. The van der Waals surface area contributed by atoms with Crippen molar-refractivity contribution >= 4 is 5.69 Å². The average molecular weight is 324 g/mol. The van der Waals surface area contributed by atoms with Crippen LogP contribution in [0.3, 0.4) is 0 Å². The molecule has 1 unspecified atom stereocenters. The summed E-state index contributed by atoms with van der Waals surface area (Å²) in [5.74, 6) is 0.655. The van der Waals surface area contributed by atoms with Crippen LogP contribution in [0.15, 0.2) is 42.7 Å². The van der Waals surface area contributed by atoms with E-state index >= 15 is 0 Å². The summed E-state index contributed by atoms with van der Waals surface area (Å²) in [4.78, 5) is 5.06. The molecule has 2 aliphatic rings. The number of anilines is 1. The molecule has 0 saturated carbocycles. The maximum Gasteiger partial charge on any atom is 0.0752 e. The zero-order chi connectivity index (χ0) is 16.2. The average Bonchev–Trinajstić information content (AvgIpc) is 3.31. The van der Waals surface area contributed by atoms with Crippen molar-refractivity contribution in [1.82, 2.24) is 14.7 Å². The Bertz CT molecular complexity index is 630. The molecular formula is C20H28N4. The van der Waals surface area contributed by atoms with E-state index in [4.69, 9.17) is 0 Å². The largest absolute Gasteiger partial charge is 0.368 e. The smallest absolute Gasteiger partial charge is 0.0752 e. The third-order valence-corrected chi connectivity index (χ3v) is 5.54. The van der Waals surface area contributed by atoms with Crippen LogP contribution in [0.1, 0.15) is 37.2 Å². The highest BCUT2D eigenvalue weighted by atomic mass is 15.3. The zero-order valence-corrected chi connectivity index (χ0v) is 14.5. The molecule has 3 heterocycles. The standard InChI is InChI=1S/C20H28N4/c1-3-7-18(8-4-1)19-9-12-23(16-19)20-15-21-24(17-20)14-13-22-10-5-2-6-11-22/h1,3-4,7-8,15,17,19H,2,5-6,9-14,16H2. The fraction of sp³-hybridized carbons (Fsp3) is 0.550. The summed E-state index contributed by atoms with van der Waals surface area (Å²) in [7, 11) is 0. The van der Waals surface area contributed by atoms with Gasteiger partial charge in [0.05, 0.1) is 18.4 Å². The second-order valence-corrected chi connectivity index (χ2v) is 7.21. The van der Waals surface area contributed by atoms with E-state index < -0.39 is 0 Å². The van der Waals surface area contributed by atoms with Crippen molar-refractivity contribution in [2.24, 2.45) is 0 Å². The van der Waals surface area contributed by atoms with E-state index in [2.05, 4.69) is 56.1 Å². The maximum absolute atomic E-state index is 4.59. The second-order valence-electron chi connectivity index (χ2n) is 7.21. The second kappa shape index (κ2) is 7.39. The van der Waals surface area contributed by atoms with Crippen molar-refractivity contribution in [1.29, 1.82) is 0 Å². The quantitative estimate of drug-likeness (QED) is 0.843. The summed E-state index contributed by atoms with van der Waals surface area (Å²) in [6.07, 6.45) is 9.64. The monoisotopic (exact) mass is 324 g/mol. The first-order chi connectivity index (χ1) is 11.9. The third kappa shape index (κ3) is 3.64. The Kier molecular flexibility index (Phi) is 4.83. The van der Waals surface area contributed by atoms with Gasteiger partial charge < -0.3 is 9.80 Å². The number of rotatable bonds is 5. The number of piperidine rings is 1. The van der Waals surface area contributed by atoms with Gasteiger partial charge >= 0.3 is 0 Å². The van der Waals surface area contributed by atoms with E-state index in [0.717, 1.165) is 26.2 Å². The fourth-order valence-corrected chi connectivity index (χ4v) is 4.06. The van der Waals surface area contributed by atoms with Crippen LogP contribution < -0.4 is 4.90 Å². The van der Waals surface area contributed by atoms with Gasteiger partial charge in [0.2, 0.25) is 0 Å². The number of hydrogen-bond donors (Lipinski definition) is 0. The third-order valence-electron chi connectivity index (χ3n) is 5.54. The zero-order valence-electron chi connectivity index (χ0n) is 14.5. The van der Waals surface area contributed by atoms with E-state index in [0.29, 0.717) is 5.92 Å². The molecule has 2 saturated heterocycles. The van der Waals surface area contributed by atoms with Crippen LogP contribution in [0, 0.1) is 0 Å². The van der Waals surface area contributed by atoms with Crippen molar-refractivity contribution in [2.75, 3.05) is 37.6 Å². The highest BCUT2D eigenvalue weighted by Crippen LogP contribution is 2.30. The van der Waals surface area contributed by atoms with Crippen molar-refractivity contribution in [3.8, 4) is 0 Å². The van der Waals surface area contributed by atoms with E-state index in [1.54, 1.807) is 0 Å². The Morgan fingerprint density at radius 3 is 2.62 bits per heavy atom. The van der Waals surface area contributed by atoms with Crippen molar-refractivity contribution < 1.29 is 0 Å². The normalized spacial score (nSPS) is 22.2. The van der Waals surface area contributed by atoms with Gasteiger partial charge in [-0.2, -0.15) is 5.10 Å². The lowest BCUT2D eigenvalue weighted by molar-refractivity contribution is 0.218. The van der Waals surface area contributed by atoms with Crippen molar-refractivity contribution in [2.45, 2.75) is 38.1 Å². The summed E-state index contributed by atoms with van der Waals surface area (Å²) < 4.78 is 2.12. The minimum absolute atomic E-state index is 0.655. The molecule has 24 heavy (non-hydrogen) atoms. The van der Waals surface area contributed by atoms with Crippen LogP contribution in [0.4, 0.5) is 5.69 Å². The first-order valence-corrected chi connectivity index (χ1v) is 9.43. The minimum Gasteiger partial charge on any atom is -0.368 e. The Balaban J connectivity index is 1.32. The number of aromatic nitrogens is 2. The molecule has 4 nitrogen and oxygen atoms in total. The molecule has 4 heteroatoms. The van der Waals surface area contributed by atoms with Crippen molar-refractivity contribution in [3.05, 3.63) is 48.3 Å². The summed E-state index contributed by atoms with van der Waals surface area (Å²) >= 11 is 0. The Labute approximate surface area is 145 Å². The molecule has 128 valence electrons. The van der Waals surface area contributed by atoms with Crippen LogP contribution >= 0.6 is 0 Å². The topological polar surface area (TPSA) is 24.3 Å². The van der Waals surface area contributed by atoms with Gasteiger partial charge in [-0.1, -0.05) is 36.8 Å². The van der Waals surface area contributed by atoms with Gasteiger partial charge in [0.25, 0.3) is 0 Å². The van der Waals surface area contributed by atoms with Gasteiger partial charge in [0.1, 0.15) is 0 Å². The molecule has 2 aliphatic heterocycles. The van der Waals surface area contributed by atoms with Gasteiger partial charge in [0.15, 0.2) is 0 Å². The van der Waals surface area contributed by atoms with Gasteiger partial charge in [-0.3, -0.25) is 4.68 Å². The Morgan fingerprint density at radius 2 is 1.79 bits per heavy atom. The fourth-order valence-electron chi connectivity index (χ4n) is 4.06. The molecule has 0 spiro atoms. The summed E-state index contributed by atoms with van der Waals surface area (Å²) in [6, 6.07) is 10.9. The first kappa shape index (κ1) is 15.7. The molecular weight excluding hydrogens is 296 g/mol. The minimum atomic E-state index is 0.655. The molecule has 0 amide bonds. The van der Waals surface area contributed by atoms with Gasteiger partial charge in [-0.25, -0.2) is 0 Å². The molecule has 0 aliphatic carbocycles. The predicted octanol–water partition coefficient (Wildman–Crippen LogP) is 3.36. The molecule has 2 fully saturated rings. The predicted molar refractivity (Wildman–Crippen MR) is 98.5 cm³/mol. The van der Waals surface area contributed by atoms with E-state index in [-0.39, 0.29) is 0 Å². The van der Waals surface area contributed by atoms with Crippen LogP contribution in [0.5, 0.6) is 0 Å². The SMILES string of the molecule is c1ccc(C2CCN(c3cnn(CCN4CCCCC4)c3)C2)cc1. The van der Waals surface area contributed by atoms with Crippen LogP contribution in [-0.4, -0.2) is 47.4 Å². The maximum atomic E-state index is 4.59. The summed E-state index contributed by atoms with van der Waals surface area (Å²) in [5.41, 5.74) is 2.75. The number of benzene rings is 1. The van der Waals surface area contributed by atoms with Crippen LogP contribution in [-0.2, 0) is 6.54 Å². The Hall–Kier alpha value is -1.81. The first-order valence-electron chi connectivity index (χ1n) is 9.43. The van der Waals surface area contributed by atoms with E-state index in [1.807, 2.05) is 6.20 Å². The number of nitrogens with zero attached hydrogens (tertiary/aromatic N) is 4. The number of hydrogen-bond acceptors (Lipinski definition) is 3. The lowest BCUT2D eigenvalue weighted by Crippen LogP contribution is -2.32. The van der Waals surface area contributed by atoms with Gasteiger partial charge in [-0.05, 0) is 37.9 Å². The molecule has 0 bridgehead atoms. The lowest BCUT2D eigenvalue weighted by Gasteiger charge is -2.26. The highest BCUT2D eigenvalue weighted by molar-refractivity contribution is 5.45. The molecule has 1 aromatic carbocycles. The van der Waals surface area contributed by atoms with E-state index in [1.165, 1.54) is 50.0 Å². The van der Waals surface area contributed by atoms with Crippen LogP contribution in [0.25, 0.3) is 0 Å². The number of likely N-dealkylation sites (tertiary alicyclic amines) is 1. The molecule has 1 aromatic heterocycles. The molecule has 0 N–H and O–H groups in total. The van der Waals surface area contributed by atoms with Gasteiger partial charge in [0, 0.05) is 31.7 Å². The van der Waals surface area contributed by atoms with Crippen LogP contribution in [0.2, 0.25) is 0 Å². The molecule has 2 aromatic rings.